The normalized spacial score (nSPS) is 11.7. The molecular weight excluding hydrogens is 354 g/mol. The van der Waals surface area contributed by atoms with Crippen molar-refractivity contribution in [1.29, 1.82) is 0 Å². The highest BCUT2D eigenvalue weighted by Gasteiger charge is 2.21. The molecule has 0 fully saturated rings. The predicted octanol–water partition coefficient (Wildman–Crippen LogP) is 5.20. The fraction of sp³-hybridized carbons (Fsp3) is 0. The van der Waals surface area contributed by atoms with Crippen LogP contribution in [0.4, 0.5) is 0 Å². The smallest absolute Gasteiger partial charge is 0.241 e. The minimum Gasteiger partial charge on any atom is -0.241 e. The van der Waals surface area contributed by atoms with Crippen molar-refractivity contribution in [3.05, 3.63) is 90.1 Å². The van der Waals surface area contributed by atoms with Gasteiger partial charge in [-0.15, -0.1) is 0 Å². The molecule has 3 nitrogen and oxygen atoms in total. The molecule has 0 amide bonds. The third-order valence-corrected chi connectivity index (χ3v) is 6.04. The van der Waals surface area contributed by atoms with E-state index in [0.717, 1.165) is 16.5 Å². The Balaban J connectivity index is 2.04. The largest absolute Gasteiger partial charge is 0.268 e. The van der Waals surface area contributed by atoms with Gasteiger partial charge < -0.3 is 0 Å². The first kappa shape index (κ1) is 15.9. The molecule has 0 spiro atoms. The van der Waals surface area contributed by atoms with E-state index in [4.69, 9.17) is 11.6 Å². The number of rotatable bonds is 3. The second-order valence-corrected chi connectivity index (χ2v) is 7.94. The molecule has 25 heavy (non-hydrogen) atoms. The van der Waals surface area contributed by atoms with E-state index in [9.17, 15) is 8.42 Å². The summed E-state index contributed by atoms with van der Waals surface area (Å²) in [5.41, 5.74) is 2.38. The molecule has 0 saturated carbocycles. The minimum atomic E-state index is -3.69. The Hall–Kier alpha value is -2.56. The Bertz CT molecular complexity index is 1150. The van der Waals surface area contributed by atoms with Crippen LogP contribution < -0.4 is 0 Å². The summed E-state index contributed by atoms with van der Waals surface area (Å²) in [7, 11) is -3.69. The lowest BCUT2D eigenvalue weighted by Crippen LogP contribution is -2.11. The molecule has 5 heteroatoms. The number of nitrogens with zero attached hydrogens (tertiary/aromatic N) is 1. The Morgan fingerprint density at radius 2 is 1.44 bits per heavy atom. The van der Waals surface area contributed by atoms with E-state index in [2.05, 4.69) is 0 Å². The van der Waals surface area contributed by atoms with Gasteiger partial charge in [-0.1, -0.05) is 60.1 Å². The van der Waals surface area contributed by atoms with E-state index < -0.39 is 10.0 Å². The zero-order chi connectivity index (χ0) is 17.4. The highest BCUT2D eigenvalue weighted by Crippen LogP contribution is 2.34. The molecular formula is C20H14ClNO2S. The van der Waals surface area contributed by atoms with Crippen molar-refractivity contribution < 1.29 is 8.42 Å². The van der Waals surface area contributed by atoms with Gasteiger partial charge in [-0.2, -0.15) is 0 Å². The van der Waals surface area contributed by atoms with Crippen LogP contribution in [0.5, 0.6) is 0 Å². The SMILES string of the molecule is O=S(=O)(c1ccccc1)n1cc(-c2ccccc2)c2cc(Cl)ccc21. The average Bonchev–Trinajstić information content (AvgIpc) is 3.02. The maximum Gasteiger partial charge on any atom is 0.268 e. The molecule has 1 heterocycles. The number of benzene rings is 3. The van der Waals surface area contributed by atoms with E-state index in [0.29, 0.717) is 10.5 Å². The van der Waals surface area contributed by atoms with Crippen molar-refractivity contribution in [2.75, 3.05) is 0 Å². The Labute approximate surface area is 151 Å². The predicted molar refractivity (Wildman–Crippen MR) is 101 cm³/mol. The molecule has 0 bridgehead atoms. The molecule has 0 aliphatic carbocycles. The van der Waals surface area contributed by atoms with Crippen LogP contribution in [0.25, 0.3) is 22.0 Å². The first-order valence-corrected chi connectivity index (χ1v) is 9.56. The van der Waals surface area contributed by atoms with Gasteiger partial charge in [0, 0.05) is 22.2 Å². The fourth-order valence-corrected chi connectivity index (χ4v) is 4.49. The Morgan fingerprint density at radius 1 is 0.800 bits per heavy atom. The van der Waals surface area contributed by atoms with Crippen LogP contribution in [0.3, 0.4) is 0 Å². The first-order chi connectivity index (χ1) is 12.1. The summed E-state index contributed by atoms with van der Waals surface area (Å²) < 4.78 is 27.5. The summed E-state index contributed by atoms with van der Waals surface area (Å²) >= 11 is 6.16. The first-order valence-electron chi connectivity index (χ1n) is 7.74. The lowest BCUT2D eigenvalue weighted by molar-refractivity contribution is 0.589. The lowest BCUT2D eigenvalue weighted by Gasteiger charge is -2.07. The molecule has 0 unspecified atom stereocenters. The molecule has 124 valence electrons. The maximum atomic E-state index is 13.1. The van der Waals surface area contributed by atoms with Gasteiger partial charge in [0.1, 0.15) is 0 Å². The van der Waals surface area contributed by atoms with Gasteiger partial charge in [0.15, 0.2) is 0 Å². The van der Waals surface area contributed by atoms with Crippen molar-refractivity contribution in [1.82, 2.24) is 3.97 Å². The van der Waals surface area contributed by atoms with E-state index in [-0.39, 0.29) is 4.90 Å². The molecule has 0 saturated heterocycles. The minimum absolute atomic E-state index is 0.251. The molecule has 0 N–H and O–H groups in total. The maximum absolute atomic E-state index is 13.1. The van der Waals surface area contributed by atoms with Gasteiger partial charge in [-0.05, 0) is 35.9 Å². The van der Waals surface area contributed by atoms with Crippen molar-refractivity contribution in [2.24, 2.45) is 0 Å². The number of hydrogen-bond donors (Lipinski definition) is 0. The summed E-state index contributed by atoms with van der Waals surface area (Å²) in [4.78, 5) is 0.251. The molecule has 4 aromatic rings. The lowest BCUT2D eigenvalue weighted by atomic mass is 10.1. The zero-order valence-electron chi connectivity index (χ0n) is 13.1. The van der Waals surface area contributed by atoms with Crippen LogP contribution in [0.2, 0.25) is 5.02 Å². The second kappa shape index (κ2) is 6.06. The number of hydrogen-bond acceptors (Lipinski definition) is 2. The van der Waals surface area contributed by atoms with Crippen molar-refractivity contribution in [3.63, 3.8) is 0 Å². The third-order valence-electron chi connectivity index (χ3n) is 4.12. The topological polar surface area (TPSA) is 39.1 Å². The highest BCUT2D eigenvalue weighted by molar-refractivity contribution is 7.90. The van der Waals surface area contributed by atoms with E-state index in [1.807, 2.05) is 30.3 Å². The van der Waals surface area contributed by atoms with Crippen LogP contribution in [-0.4, -0.2) is 12.4 Å². The summed E-state index contributed by atoms with van der Waals surface area (Å²) in [6, 6.07) is 23.3. The number of halogens is 1. The van der Waals surface area contributed by atoms with E-state index >= 15 is 0 Å². The second-order valence-electron chi connectivity index (χ2n) is 5.68. The molecule has 1 aromatic heterocycles. The van der Waals surface area contributed by atoms with Gasteiger partial charge in [0.05, 0.1) is 10.4 Å². The zero-order valence-corrected chi connectivity index (χ0v) is 14.7. The summed E-state index contributed by atoms with van der Waals surface area (Å²) in [5, 5.41) is 1.37. The van der Waals surface area contributed by atoms with Gasteiger partial charge >= 0.3 is 0 Å². The van der Waals surface area contributed by atoms with Crippen molar-refractivity contribution >= 4 is 32.5 Å². The molecule has 0 aliphatic rings. The third kappa shape index (κ3) is 2.73. The van der Waals surface area contributed by atoms with Crippen LogP contribution in [-0.2, 0) is 10.0 Å². The Morgan fingerprint density at radius 3 is 2.12 bits per heavy atom. The van der Waals surface area contributed by atoms with Crippen LogP contribution in [0, 0.1) is 0 Å². The van der Waals surface area contributed by atoms with Crippen molar-refractivity contribution in [3.8, 4) is 11.1 Å². The molecule has 3 aromatic carbocycles. The Kier molecular flexibility index (Phi) is 3.86. The highest BCUT2D eigenvalue weighted by atomic mass is 35.5. The van der Waals surface area contributed by atoms with E-state index in [1.165, 1.54) is 3.97 Å². The average molecular weight is 368 g/mol. The van der Waals surface area contributed by atoms with Crippen LogP contribution in [0.1, 0.15) is 0 Å². The van der Waals surface area contributed by atoms with Crippen LogP contribution >= 0.6 is 11.6 Å². The number of aromatic nitrogens is 1. The van der Waals surface area contributed by atoms with E-state index in [1.54, 1.807) is 54.7 Å². The van der Waals surface area contributed by atoms with Crippen molar-refractivity contribution in [2.45, 2.75) is 4.90 Å². The summed E-state index contributed by atoms with van der Waals surface area (Å²) in [6.45, 7) is 0. The summed E-state index contributed by atoms with van der Waals surface area (Å²) in [5.74, 6) is 0. The van der Waals surface area contributed by atoms with Gasteiger partial charge in [0.25, 0.3) is 10.0 Å². The molecule has 0 radical (unpaired) electrons. The number of fused-ring (bicyclic) bond motifs is 1. The van der Waals surface area contributed by atoms with Gasteiger partial charge in [-0.25, -0.2) is 12.4 Å². The summed E-state index contributed by atoms with van der Waals surface area (Å²) in [6.07, 6.45) is 1.67. The van der Waals surface area contributed by atoms with Crippen LogP contribution in [0.15, 0.2) is 90.0 Å². The standard InChI is InChI=1S/C20H14ClNO2S/c21-16-11-12-20-18(13-16)19(15-7-3-1-4-8-15)14-22(20)25(23,24)17-9-5-2-6-10-17/h1-14H. The quantitative estimate of drug-likeness (QED) is 0.499. The fourth-order valence-electron chi connectivity index (χ4n) is 2.93. The molecule has 4 rings (SSSR count). The molecule has 0 aliphatic heterocycles. The van der Waals surface area contributed by atoms with Gasteiger partial charge in [0.2, 0.25) is 0 Å². The monoisotopic (exact) mass is 367 g/mol. The van der Waals surface area contributed by atoms with Gasteiger partial charge in [-0.3, -0.25) is 0 Å². The molecule has 0 atom stereocenters.